The lowest BCUT2D eigenvalue weighted by Crippen LogP contribution is -2.33. The lowest BCUT2D eigenvalue weighted by Gasteiger charge is -2.20. The Bertz CT molecular complexity index is 1080. The van der Waals surface area contributed by atoms with Gasteiger partial charge in [0.1, 0.15) is 11.5 Å². The smallest absolute Gasteiger partial charge is 0.457 e. The van der Waals surface area contributed by atoms with Crippen LogP contribution in [0.15, 0.2) is 72.8 Å². The number of anilines is 1. The molecule has 0 aliphatic rings. The van der Waals surface area contributed by atoms with Gasteiger partial charge in [0, 0.05) is 23.9 Å². The van der Waals surface area contributed by atoms with Crippen molar-refractivity contribution in [1.29, 1.82) is 0 Å². The lowest BCUT2D eigenvalue weighted by atomic mass is 10.0. The van der Waals surface area contributed by atoms with E-state index in [1.54, 1.807) is 12.1 Å². The van der Waals surface area contributed by atoms with Crippen LogP contribution in [-0.4, -0.2) is 6.18 Å². The number of halogens is 8. The quantitative estimate of drug-likeness (QED) is 0.379. The highest BCUT2D eigenvalue weighted by Crippen LogP contribution is 2.44. The Morgan fingerprint density at radius 3 is 1.91 bits per heavy atom. The molecular weight excluding hydrogens is 446 g/mol. The minimum absolute atomic E-state index is 0.0425. The van der Waals surface area contributed by atoms with E-state index in [0.29, 0.717) is 11.8 Å². The Kier molecular flexibility index (Phi) is 6.34. The van der Waals surface area contributed by atoms with Crippen LogP contribution in [0.4, 0.5) is 40.8 Å². The summed E-state index contributed by atoms with van der Waals surface area (Å²) in [6, 6.07) is 14.3. The highest BCUT2D eigenvalue weighted by atomic mass is 19.4. The Morgan fingerprint density at radius 2 is 1.25 bits per heavy atom. The minimum atomic E-state index is -5.71. The summed E-state index contributed by atoms with van der Waals surface area (Å²) in [5, 5.41) is 2.85. The second-order valence-corrected chi connectivity index (χ2v) is 6.78. The molecule has 0 radical (unpaired) electrons. The van der Waals surface area contributed by atoms with Crippen molar-refractivity contribution >= 4 is 5.69 Å². The van der Waals surface area contributed by atoms with Crippen molar-refractivity contribution in [1.82, 2.24) is 0 Å². The third-order valence-corrected chi connectivity index (χ3v) is 4.37. The normalized spacial score (nSPS) is 12.5. The molecule has 3 rings (SSSR count). The molecule has 0 aliphatic carbocycles. The monoisotopic (exact) mass is 461 g/mol. The van der Waals surface area contributed by atoms with Crippen LogP contribution in [0.5, 0.6) is 11.5 Å². The number of ether oxygens (including phenoxy) is 1. The first-order chi connectivity index (χ1) is 14.9. The van der Waals surface area contributed by atoms with Crippen LogP contribution in [0.2, 0.25) is 0 Å². The molecule has 0 heterocycles. The average Bonchev–Trinajstić information content (AvgIpc) is 2.71. The van der Waals surface area contributed by atoms with Crippen LogP contribution in [0.25, 0.3) is 0 Å². The van der Waals surface area contributed by atoms with E-state index in [1.165, 1.54) is 30.3 Å². The maximum absolute atomic E-state index is 13.5. The van der Waals surface area contributed by atoms with Gasteiger partial charge in [0.25, 0.3) is 0 Å². The lowest BCUT2D eigenvalue weighted by molar-refractivity contribution is -0.289. The molecule has 0 amide bonds. The Hall–Kier alpha value is -3.30. The van der Waals surface area contributed by atoms with Gasteiger partial charge in [-0.05, 0) is 42.0 Å². The van der Waals surface area contributed by atoms with Gasteiger partial charge in [0.2, 0.25) is 0 Å². The molecule has 3 aromatic rings. The number of alkyl halides is 8. The summed E-state index contributed by atoms with van der Waals surface area (Å²) in [4.78, 5) is 0. The van der Waals surface area contributed by atoms with Gasteiger partial charge >= 0.3 is 18.3 Å². The van der Waals surface area contributed by atoms with Crippen molar-refractivity contribution in [2.24, 2.45) is 0 Å². The number of hydrogen-bond acceptors (Lipinski definition) is 2. The number of nitrogens with one attached hydrogen (secondary N) is 1. The first-order valence-electron chi connectivity index (χ1n) is 9.09. The zero-order valence-corrected chi connectivity index (χ0v) is 16.1. The van der Waals surface area contributed by atoms with Crippen molar-refractivity contribution in [3.05, 3.63) is 89.5 Å². The van der Waals surface area contributed by atoms with Gasteiger partial charge in [0.15, 0.2) is 0 Å². The van der Waals surface area contributed by atoms with E-state index >= 15 is 0 Å². The van der Waals surface area contributed by atoms with E-state index in [1.807, 2.05) is 0 Å². The van der Waals surface area contributed by atoms with Gasteiger partial charge in [-0.2, -0.15) is 35.1 Å². The number of rotatable bonds is 6. The van der Waals surface area contributed by atoms with Crippen LogP contribution in [0.3, 0.4) is 0 Å². The zero-order valence-electron chi connectivity index (χ0n) is 16.1. The van der Waals surface area contributed by atoms with Crippen LogP contribution in [0.1, 0.15) is 16.7 Å². The highest BCUT2D eigenvalue weighted by Gasteiger charge is 2.58. The summed E-state index contributed by atoms with van der Waals surface area (Å²) >= 11 is 0. The first kappa shape index (κ1) is 23.4. The molecule has 0 saturated heterocycles. The molecule has 0 fully saturated rings. The molecule has 0 aliphatic heterocycles. The largest absolute Gasteiger partial charge is 0.458 e. The molecule has 0 atom stereocenters. The van der Waals surface area contributed by atoms with Gasteiger partial charge < -0.3 is 10.1 Å². The van der Waals surface area contributed by atoms with Crippen LogP contribution < -0.4 is 10.1 Å². The Labute approximate surface area is 177 Å². The van der Waals surface area contributed by atoms with Gasteiger partial charge in [-0.15, -0.1) is 0 Å². The van der Waals surface area contributed by atoms with Crippen molar-refractivity contribution in [3.63, 3.8) is 0 Å². The fourth-order valence-corrected chi connectivity index (χ4v) is 2.79. The second kappa shape index (κ2) is 8.68. The molecule has 3 aromatic carbocycles. The number of benzene rings is 3. The summed E-state index contributed by atoms with van der Waals surface area (Å²) in [6.45, 7) is -0.0746. The summed E-state index contributed by atoms with van der Waals surface area (Å²) < 4.78 is 109. The predicted molar refractivity (Wildman–Crippen MR) is 102 cm³/mol. The standard InChI is InChI=1S/C22H15F8NO/c23-20(24,22(28,29)30)15-5-1-4-14(10-15)13-31-17-7-3-9-19(12-17)32-18-8-2-6-16(11-18)21(25,26)27/h1-12,31H,13H2. The van der Waals surface area contributed by atoms with E-state index in [2.05, 4.69) is 5.32 Å². The summed E-state index contributed by atoms with van der Waals surface area (Å²) in [5.74, 6) is -4.83. The predicted octanol–water partition coefficient (Wildman–Crippen LogP) is 7.76. The Morgan fingerprint density at radius 1 is 0.656 bits per heavy atom. The molecule has 170 valence electrons. The second-order valence-electron chi connectivity index (χ2n) is 6.78. The molecule has 0 aromatic heterocycles. The van der Waals surface area contributed by atoms with Gasteiger partial charge in [-0.3, -0.25) is 0 Å². The van der Waals surface area contributed by atoms with Crippen molar-refractivity contribution in [2.75, 3.05) is 5.32 Å². The van der Waals surface area contributed by atoms with Crippen LogP contribution in [0, 0.1) is 0 Å². The van der Waals surface area contributed by atoms with Gasteiger partial charge in [-0.1, -0.05) is 30.3 Å². The fourth-order valence-electron chi connectivity index (χ4n) is 2.79. The van der Waals surface area contributed by atoms with E-state index in [-0.39, 0.29) is 23.6 Å². The van der Waals surface area contributed by atoms with Crippen LogP contribution in [-0.2, 0) is 18.6 Å². The maximum atomic E-state index is 13.5. The molecule has 32 heavy (non-hydrogen) atoms. The van der Waals surface area contributed by atoms with Crippen molar-refractivity contribution in [2.45, 2.75) is 24.8 Å². The fraction of sp³-hybridized carbons (Fsp3) is 0.182. The van der Waals surface area contributed by atoms with Gasteiger partial charge in [-0.25, -0.2) is 0 Å². The van der Waals surface area contributed by atoms with Crippen molar-refractivity contribution < 1.29 is 39.9 Å². The molecule has 0 spiro atoms. The Balaban J connectivity index is 1.71. The molecule has 0 bridgehead atoms. The maximum Gasteiger partial charge on any atom is 0.458 e. The van der Waals surface area contributed by atoms with E-state index in [9.17, 15) is 35.1 Å². The first-order valence-corrected chi connectivity index (χ1v) is 9.09. The summed E-state index contributed by atoms with van der Waals surface area (Å²) in [7, 11) is 0. The molecular formula is C22H15F8NO. The van der Waals surface area contributed by atoms with E-state index in [4.69, 9.17) is 4.74 Å². The molecule has 10 heteroatoms. The molecule has 2 nitrogen and oxygen atoms in total. The highest BCUT2D eigenvalue weighted by molar-refractivity contribution is 5.50. The zero-order chi connectivity index (χ0) is 23.6. The third kappa shape index (κ3) is 5.49. The van der Waals surface area contributed by atoms with Crippen molar-refractivity contribution in [3.8, 4) is 11.5 Å². The average molecular weight is 461 g/mol. The molecule has 1 N–H and O–H groups in total. The topological polar surface area (TPSA) is 21.3 Å². The van der Waals surface area contributed by atoms with Crippen LogP contribution >= 0.6 is 0 Å². The van der Waals surface area contributed by atoms with Gasteiger partial charge in [0.05, 0.1) is 5.56 Å². The summed E-state index contributed by atoms with van der Waals surface area (Å²) in [5.41, 5.74) is -1.45. The SMILES string of the molecule is FC(F)(F)c1cccc(Oc2cccc(NCc3cccc(C(F)(F)C(F)(F)F)c3)c2)c1. The molecule has 0 unspecified atom stereocenters. The number of hydrogen-bond donors (Lipinski definition) is 1. The minimum Gasteiger partial charge on any atom is -0.457 e. The van der Waals surface area contributed by atoms with E-state index < -0.39 is 29.4 Å². The molecule has 0 saturated carbocycles. The van der Waals surface area contributed by atoms with E-state index in [0.717, 1.165) is 24.3 Å². The summed E-state index contributed by atoms with van der Waals surface area (Å²) in [6.07, 6.45) is -10.2. The third-order valence-electron chi connectivity index (χ3n) is 4.37.